The minimum absolute atomic E-state index is 0.00307. The van der Waals surface area contributed by atoms with Crippen molar-refractivity contribution in [2.45, 2.75) is 18.9 Å². The van der Waals surface area contributed by atoms with Gasteiger partial charge in [-0.05, 0) is 12.8 Å². The standard InChI is InChI=1S/C7H16N2O3S/c8-3-6-13(11,12)9-4-1-7(10)2-5-9/h7,10H,1-6,8H2. The van der Waals surface area contributed by atoms with E-state index in [2.05, 4.69) is 0 Å². The highest BCUT2D eigenvalue weighted by Gasteiger charge is 2.25. The molecule has 0 spiro atoms. The molecule has 0 unspecified atom stereocenters. The van der Waals surface area contributed by atoms with Crippen molar-refractivity contribution in [1.29, 1.82) is 0 Å². The van der Waals surface area contributed by atoms with Crippen molar-refractivity contribution in [3.05, 3.63) is 0 Å². The summed E-state index contributed by atoms with van der Waals surface area (Å²) < 4.78 is 24.3. The van der Waals surface area contributed by atoms with Gasteiger partial charge in [0.2, 0.25) is 10.0 Å². The first kappa shape index (κ1) is 10.9. The molecule has 1 fully saturated rings. The van der Waals surface area contributed by atoms with Crippen molar-refractivity contribution in [3.63, 3.8) is 0 Å². The Hall–Kier alpha value is -0.170. The molecule has 0 amide bonds. The third kappa shape index (κ3) is 2.91. The molecule has 0 bridgehead atoms. The number of nitrogens with zero attached hydrogens (tertiary/aromatic N) is 1. The number of rotatable bonds is 3. The van der Waals surface area contributed by atoms with Gasteiger partial charge in [0, 0.05) is 19.6 Å². The lowest BCUT2D eigenvalue weighted by atomic mass is 10.1. The van der Waals surface area contributed by atoms with E-state index in [1.54, 1.807) is 0 Å². The predicted molar refractivity (Wildman–Crippen MR) is 49.7 cm³/mol. The summed E-state index contributed by atoms with van der Waals surface area (Å²) in [5, 5.41) is 9.18. The minimum Gasteiger partial charge on any atom is -0.393 e. The first-order valence-electron chi connectivity index (χ1n) is 4.42. The fourth-order valence-corrected chi connectivity index (χ4v) is 2.72. The van der Waals surface area contributed by atoms with Crippen LogP contribution in [0.15, 0.2) is 0 Å². The smallest absolute Gasteiger partial charge is 0.215 e. The molecule has 78 valence electrons. The Morgan fingerprint density at radius 3 is 2.38 bits per heavy atom. The monoisotopic (exact) mass is 208 g/mol. The molecule has 13 heavy (non-hydrogen) atoms. The van der Waals surface area contributed by atoms with Crippen LogP contribution in [0.4, 0.5) is 0 Å². The summed E-state index contributed by atoms with van der Waals surface area (Å²) in [7, 11) is -3.16. The van der Waals surface area contributed by atoms with Gasteiger partial charge in [0.15, 0.2) is 0 Å². The SMILES string of the molecule is NCCS(=O)(=O)N1CCC(O)CC1. The first-order valence-corrected chi connectivity index (χ1v) is 6.03. The van der Waals surface area contributed by atoms with E-state index in [1.807, 2.05) is 0 Å². The average molecular weight is 208 g/mol. The fraction of sp³-hybridized carbons (Fsp3) is 1.00. The molecule has 0 radical (unpaired) electrons. The van der Waals surface area contributed by atoms with E-state index in [0.29, 0.717) is 25.9 Å². The Morgan fingerprint density at radius 1 is 1.38 bits per heavy atom. The second-order valence-electron chi connectivity index (χ2n) is 3.23. The van der Waals surface area contributed by atoms with E-state index in [9.17, 15) is 13.5 Å². The van der Waals surface area contributed by atoms with Gasteiger partial charge in [-0.15, -0.1) is 0 Å². The summed E-state index contributed by atoms with van der Waals surface area (Å²) in [5.74, 6) is 0.00307. The van der Waals surface area contributed by atoms with Crippen LogP contribution in [-0.4, -0.2) is 49.3 Å². The number of hydrogen-bond donors (Lipinski definition) is 2. The van der Waals surface area contributed by atoms with E-state index in [4.69, 9.17) is 5.73 Å². The van der Waals surface area contributed by atoms with E-state index < -0.39 is 10.0 Å². The van der Waals surface area contributed by atoms with Crippen LogP contribution in [0.25, 0.3) is 0 Å². The molecule has 0 aromatic heterocycles. The van der Waals surface area contributed by atoms with Gasteiger partial charge in [-0.1, -0.05) is 0 Å². The average Bonchev–Trinajstić information content (AvgIpc) is 2.05. The quantitative estimate of drug-likeness (QED) is 0.606. The molecule has 1 rings (SSSR count). The molecule has 3 N–H and O–H groups in total. The molecule has 1 aliphatic rings. The van der Waals surface area contributed by atoms with Gasteiger partial charge < -0.3 is 10.8 Å². The van der Waals surface area contributed by atoms with Crippen molar-refractivity contribution in [2.75, 3.05) is 25.4 Å². The second kappa shape index (κ2) is 4.36. The van der Waals surface area contributed by atoms with Crippen LogP contribution in [0.1, 0.15) is 12.8 Å². The van der Waals surface area contributed by atoms with Crippen LogP contribution in [0.2, 0.25) is 0 Å². The Labute approximate surface area is 78.6 Å². The minimum atomic E-state index is -3.16. The number of piperidine rings is 1. The van der Waals surface area contributed by atoms with Crippen LogP contribution >= 0.6 is 0 Å². The van der Waals surface area contributed by atoms with E-state index in [-0.39, 0.29) is 18.4 Å². The van der Waals surface area contributed by atoms with Crippen LogP contribution in [-0.2, 0) is 10.0 Å². The molecule has 1 saturated heterocycles. The summed E-state index contributed by atoms with van der Waals surface area (Å²) in [5.41, 5.74) is 5.19. The molecule has 1 heterocycles. The number of nitrogens with two attached hydrogens (primary N) is 1. The zero-order valence-corrected chi connectivity index (χ0v) is 8.33. The van der Waals surface area contributed by atoms with Crippen molar-refractivity contribution in [2.24, 2.45) is 5.73 Å². The van der Waals surface area contributed by atoms with Crippen molar-refractivity contribution >= 4 is 10.0 Å². The first-order chi connectivity index (χ1) is 6.06. The molecule has 6 heteroatoms. The largest absolute Gasteiger partial charge is 0.393 e. The summed E-state index contributed by atoms with van der Waals surface area (Å²) >= 11 is 0. The van der Waals surface area contributed by atoms with Gasteiger partial charge in [-0.25, -0.2) is 12.7 Å². The Kier molecular flexibility index (Phi) is 3.66. The molecule has 5 nitrogen and oxygen atoms in total. The van der Waals surface area contributed by atoms with E-state index in [0.717, 1.165) is 0 Å². The lowest BCUT2D eigenvalue weighted by Crippen LogP contribution is -2.42. The van der Waals surface area contributed by atoms with Gasteiger partial charge >= 0.3 is 0 Å². The third-order valence-electron chi connectivity index (χ3n) is 2.19. The topological polar surface area (TPSA) is 83.6 Å². The second-order valence-corrected chi connectivity index (χ2v) is 5.32. The summed E-state index contributed by atoms with van der Waals surface area (Å²) in [4.78, 5) is 0. The van der Waals surface area contributed by atoms with Gasteiger partial charge in [-0.2, -0.15) is 0 Å². The van der Waals surface area contributed by atoms with E-state index >= 15 is 0 Å². The number of aliphatic hydroxyl groups excluding tert-OH is 1. The lowest BCUT2D eigenvalue weighted by Gasteiger charge is -2.28. The highest BCUT2D eigenvalue weighted by atomic mass is 32.2. The molecule has 1 aliphatic heterocycles. The Bertz CT molecular complexity index is 244. The zero-order valence-electron chi connectivity index (χ0n) is 7.52. The summed E-state index contributed by atoms with van der Waals surface area (Å²) in [6, 6.07) is 0. The molecule has 0 saturated carbocycles. The Balaban J connectivity index is 2.53. The van der Waals surface area contributed by atoms with Gasteiger partial charge in [0.05, 0.1) is 11.9 Å². The summed E-state index contributed by atoms with van der Waals surface area (Å²) in [6.07, 6.45) is 0.720. The number of hydrogen-bond acceptors (Lipinski definition) is 4. The maximum absolute atomic E-state index is 11.5. The summed E-state index contributed by atoms with van der Waals surface area (Å²) in [6.45, 7) is 0.994. The normalized spacial score (nSPS) is 22.0. The van der Waals surface area contributed by atoms with Gasteiger partial charge in [0.25, 0.3) is 0 Å². The fourth-order valence-electron chi connectivity index (χ4n) is 1.40. The maximum atomic E-state index is 11.5. The van der Waals surface area contributed by atoms with Crippen molar-refractivity contribution < 1.29 is 13.5 Å². The molecular formula is C7H16N2O3S. The number of aliphatic hydroxyl groups is 1. The number of sulfonamides is 1. The van der Waals surface area contributed by atoms with Crippen molar-refractivity contribution in [1.82, 2.24) is 4.31 Å². The molecule has 0 aromatic carbocycles. The van der Waals surface area contributed by atoms with Crippen LogP contribution < -0.4 is 5.73 Å². The van der Waals surface area contributed by atoms with Crippen molar-refractivity contribution in [3.8, 4) is 0 Å². The van der Waals surface area contributed by atoms with Crippen LogP contribution in [0, 0.1) is 0 Å². The highest BCUT2D eigenvalue weighted by Crippen LogP contribution is 2.13. The molecular weight excluding hydrogens is 192 g/mol. The highest BCUT2D eigenvalue weighted by molar-refractivity contribution is 7.89. The van der Waals surface area contributed by atoms with Gasteiger partial charge in [-0.3, -0.25) is 0 Å². The predicted octanol–water partition coefficient (Wildman–Crippen LogP) is -1.27. The van der Waals surface area contributed by atoms with Crippen LogP contribution in [0.5, 0.6) is 0 Å². The van der Waals surface area contributed by atoms with Gasteiger partial charge in [0.1, 0.15) is 0 Å². The molecule has 0 aliphatic carbocycles. The van der Waals surface area contributed by atoms with Crippen LogP contribution in [0.3, 0.4) is 0 Å². The zero-order chi connectivity index (χ0) is 9.90. The molecule has 0 atom stereocenters. The lowest BCUT2D eigenvalue weighted by molar-refractivity contribution is 0.113. The Morgan fingerprint density at radius 2 is 1.92 bits per heavy atom. The maximum Gasteiger partial charge on any atom is 0.215 e. The molecule has 0 aromatic rings. The third-order valence-corrected chi connectivity index (χ3v) is 4.10. The van der Waals surface area contributed by atoms with E-state index in [1.165, 1.54) is 4.31 Å².